The van der Waals surface area contributed by atoms with Gasteiger partial charge in [-0.1, -0.05) is 18.2 Å². The number of hydrogen-bond acceptors (Lipinski definition) is 4. The van der Waals surface area contributed by atoms with Crippen molar-refractivity contribution in [3.8, 4) is 0 Å². The first-order valence-electron chi connectivity index (χ1n) is 6.49. The second-order valence-corrected chi connectivity index (χ2v) is 5.76. The maximum atomic E-state index is 12.0. The molecule has 0 saturated heterocycles. The highest BCUT2D eigenvalue weighted by molar-refractivity contribution is 7.99. The Bertz CT molecular complexity index is 439. The minimum atomic E-state index is -0.498. The van der Waals surface area contributed by atoms with Crippen molar-refractivity contribution in [2.45, 2.75) is 29.8 Å². The molecule has 0 fully saturated rings. The summed E-state index contributed by atoms with van der Waals surface area (Å²) in [6, 6.07) is 7.80. The van der Waals surface area contributed by atoms with E-state index in [1.54, 1.807) is 7.11 Å². The molecule has 104 valence electrons. The molecule has 1 aromatic carbocycles. The summed E-state index contributed by atoms with van der Waals surface area (Å²) in [5.74, 6) is 0.929. The van der Waals surface area contributed by atoms with Crippen LogP contribution in [0.5, 0.6) is 0 Å². The van der Waals surface area contributed by atoms with E-state index in [2.05, 4.69) is 17.4 Å². The predicted octanol–water partition coefficient (Wildman–Crippen LogP) is 1.70. The van der Waals surface area contributed by atoms with Crippen LogP contribution in [-0.4, -0.2) is 31.4 Å². The fraction of sp³-hybridized carbons (Fsp3) is 0.500. The van der Waals surface area contributed by atoms with Crippen molar-refractivity contribution in [1.29, 1.82) is 0 Å². The lowest BCUT2D eigenvalue weighted by Crippen LogP contribution is -2.43. The average Bonchev–Trinajstić information content (AvgIpc) is 2.45. The highest BCUT2D eigenvalue weighted by atomic mass is 32.2. The standard InChI is InChI=1S/C14H20N2O2S/c1-18-8-6-11(15)14(17)16-12-7-9-19-13-5-3-2-4-10(12)13/h2-5,11-12H,6-9,15H2,1H3,(H,16,17). The quantitative estimate of drug-likeness (QED) is 0.861. The van der Waals surface area contributed by atoms with Crippen LogP contribution in [0.2, 0.25) is 0 Å². The third kappa shape index (κ3) is 3.72. The number of rotatable bonds is 5. The van der Waals surface area contributed by atoms with Crippen LogP contribution in [0.4, 0.5) is 0 Å². The van der Waals surface area contributed by atoms with Crippen LogP contribution in [0.3, 0.4) is 0 Å². The lowest BCUT2D eigenvalue weighted by atomic mass is 10.0. The highest BCUT2D eigenvalue weighted by Gasteiger charge is 2.23. The molecule has 0 aliphatic carbocycles. The largest absolute Gasteiger partial charge is 0.385 e. The van der Waals surface area contributed by atoms with Crippen LogP contribution >= 0.6 is 11.8 Å². The molecule has 5 heteroatoms. The van der Waals surface area contributed by atoms with Gasteiger partial charge in [-0.15, -0.1) is 11.8 Å². The minimum absolute atomic E-state index is 0.0820. The molecule has 1 aliphatic rings. The van der Waals surface area contributed by atoms with Gasteiger partial charge in [0.15, 0.2) is 0 Å². The molecule has 2 atom stereocenters. The Morgan fingerprint density at radius 3 is 3.16 bits per heavy atom. The van der Waals surface area contributed by atoms with Crippen molar-refractivity contribution in [2.75, 3.05) is 19.5 Å². The van der Waals surface area contributed by atoms with E-state index in [9.17, 15) is 4.79 Å². The molecule has 0 saturated carbocycles. The Morgan fingerprint density at radius 2 is 2.37 bits per heavy atom. The topological polar surface area (TPSA) is 64.3 Å². The summed E-state index contributed by atoms with van der Waals surface area (Å²) in [5, 5.41) is 3.05. The summed E-state index contributed by atoms with van der Waals surface area (Å²) in [6.07, 6.45) is 1.50. The van der Waals surface area contributed by atoms with Gasteiger partial charge >= 0.3 is 0 Å². The lowest BCUT2D eigenvalue weighted by Gasteiger charge is -2.27. The van der Waals surface area contributed by atoms with Gasteiger partial charge in [-0.25, -0.2) is 0 Å². The molecule has 3 N–H and O–H groups in total. The highest BCUT2D eigenvalue weighted by Crippen LogP contribution is 2.35. The third-order valence-corrected chi connectivity index (χ3v) is 4.37. The smallest absolute Gasteiger partial charge is 0.237 e. The second kappa shape index (κ2) is 6.93. The van der Waals surface area contributed by atoms with E-state index in [1.807, 2.05) is 23.9 Å². The van der Waals surface area contributed by atoms with E-state index in [0.29, 0.717) is 13.0 Å². The number of hydrogen-bond donors (Lipinski definition) is 2. The van der Waals surface area contributed by atoms with Crippen LogP contribution in [0, 0.1) is 0 Å². The molecule has 0 aromatic heterocycles. The van der Waals surface area contributed by atoms with E-state index in [1.165, 1.54) is 10.5 Å². The summed E-state index contributed by atoms with van der Waals surface area (Å²) in [4.78, 5) is 13.3. The number of carbonyl (C=O) groups is 1. The first-order valence-corrected chi connectivity index (χ1v) is 7.47. The Kier molecular flexibility index (Phi) is 5.24. The van der Waals surface area contributed by atoms with Crippen LogP contribution in [-0.2, 0) is 9.53 Å². The SMILES string of the molecule is COCCC(N)C(=O)NC1CCSc2ccccc21. The van der Waals surface area contributed by atoms with Crippen molar-refractivity contribution in [3.63, 3.8) is 0 Å². The Labute approximate surface area is 118 Å². The van der Waals surface area contributed by atoms with Gasteiger partial charge in [-0.05, 0) is 24.5 Å². The van der Waals surface area contributed by atoms with Gasteiger partial charge in [0.1, 0.15) is 0 Å². The molecule has 0 radical (unpaired) electrons. The number of amides is 1. The van der Waals surface area contributed by atoms with Gasteiger partial charge in [-0.2, -0.15) is 0 Å². The number of ether oxygens (including phenoxy) is 1. The van der Waals surface area contributed by atoms with Gasteiger partial charge in [-0.3, -0.25) is 4.79 Å². The number of methoxy groups -OCH3 is 1. The summed E-state index contributed by atoms with van der Waals surface area (Å²) >= 11 is 1.84. The van der Waals surface area contributed by atoms with Gasteiger partial charge in [0.25, 0.3) is 0 Å². The summed E-state index contributed by atoms with van der Waals surface area (Å²) in [5.41, 5.74) is 7.04. The number of nitrogens with one attached hydrogen (secondary N) is 1. The molecule has 0 bridgehead atoms. The summed E-state index contributed by atoms with van der Waals surface area (Å²) < 4.78 is 4.95. The van der Waals surface area contributed by atoms with Crippen molar-refractivity contribution < 1.29 is 9.53 Å². The van der Waals surface area contributed by atoms with Crippen molar-refractivity contribution >= 4 is 17.7 Å². The Hall–Kier alpha value is -1.04. The third-order valence-electron chi connectivity index (χ3n) is 3.24. The normalized spacial score (nSPS) is 19.6. The van der Waals surface area contributed by atoms with Crippen molar-refractivity contribution in [3.05, 3.63) is 29.8 Å². The summed E-state index contributed by atoms with van der Waals surface area (Å²) in [6.45, 7) is 0.506. The fourth-order valence-electron chi connectivity index (χ4n) is 2.15. The molecule has 1 heterocycles. The molecular weight excluding hydrogens is 260 g/mol. The predicted molar refractivity (Wildman–Crippen MR) is 77.1 cm³/mol. The molecule has 1 aliphatic heterocycles. The first-order chi connectivity index (χ1) is 9.22. The number of benzene rings is 1. The van der Waals surface area contributed by atoms with E-state index in [-0.39, 0.29) is 11.9 Å². The molecule has 19 heavy (non-hydrogen) atoms. The van der Waals surface area contributed by atoms with Crippen LogP contribution < -0.4 is 11.1 Å². The zero-order chi connectivity index (χ0) is 13.7. The van der Waals surface area contributed by atoms with E-state index >= 15 is 0 Å². The summed E-state index contributed by atoms with van der Waals surface area (Å²) in [7, 11) is 1.61. The van der Waals surface area contributed by atoms with Crippen LogP contribution in [0.15, 0.2) is 29.2 Å². The molecular formula is C14H20N2O2S. The van der Waals surface area contributed by atoms with Gasteiger partial charge in [0, 0.05) is 24.4 Å². The monoisotopic (exact) mass is 280 g/mol. The van der Waals surface area contributed by atoms with Crippen LogP contribution in [0.25, 0.3) is 0 Å². The molecule has 1 amide bonds. The van der Waals surface area contributed by atoms with Crippen LogP contribution in [0.1, 0.15) is 24.4 Å². The maximum Gasteiger partial charge on any atom is 0.237 e. The zero-order valence-corrected chi connectivity index (χ0v) is 11.9. The minimum Gasteiger partial charge on any atom is -0.385 e. The fourth-order valence-corrected chi connectivity index (χ4v) is 3.27. The van der Waals surface area contributed by atoms with E-state index < -0.39 is 6.04 Å². The first kappa shape index (κ1) is 14.4. The zero-order valence-electron chi connectivity index (χ0n) is 11.1. The van der Waals surface area contributed by atoms with E-state index in [4.69, 9.17) is 10.5 Å². The Balaban J connectivity index is 1.98. The van der Waals surface area contributed by atoms with Crippen molar-refractivity contribution in [2.24, 2.45) is 5.73 Å². The maximum absolute atomic E-state index is 12.0. The number of fused-ring (bicyclic) bond motifs is 1. The van der Waals surface area contributed by atoms with Gasteiger partial charge in [0.2, 0.25) is 5.91 Å². The molecule has 4 nitrogen and oxygen atoms in total. The molecule has 1 aromatic rings. The number of nitrogens with two attached hydrogens (primary N) is 1. The average molecular weight is 280 g/mol. The molecule has 2 rings (SSSR count). The number of carbonyl (C=O) groups excluding carboxylic acids is 1. The van der Waals surface area contributed by atoms with E-state index in [0.717, 1.165) is 12.2 Å². The Morgan fingerprint density at radius 1 is 1.58 bits per heavy atom. The second-order valence-electron chi connectivity index (χ2n) is 4.62. The number of thioether (sulfide) groups is 1. The molecule has 2 unspecified atom stereocenters. The van der Waals surface area contributed by atoms with Gasteiger partial charge in [0.05, 0.1) is 12.1 Å². The van der Waals surface area contributed by atoms with Crippen molar-refractivity contribution in [1.82, 2.24) is 5.32 Å². The van der Waals surface area contributed by atoms with Gasteiger partial charge < -0.3 is 15.8 Å². The lowest BCUT2D eigenvalue weighted by molar-refractivity contribution is -0.123. The molecule has 0 spiro atoms.